The summed E-state index contributed by atoms with van der Waals surface area (Å²) < 4.78 is 13.4. The SMILES string of the molecule is COc1ccc2c3c(n(C)c2c1)[C@@H](CO)N(Cc1ccccc1OC)CC31CN(C(=O)C2CC2)C1. The molecule has 2 aliphatic heterocycles. The summed E-state index contributed by atoms with van der Waals surface area (Å²) in [6.45, 7) is 2.91. The molecule has 2 aromatic carbocycles. The number of carbonyl (C=O) groups is 1. The molecule has 184 valence electrons. The fourth-order valence-corrected chi connectivity index (χ4v) is 6.37. The van der Waals surface area contributed by atoms with Crippen LogP contribution in [0.1, 0.15) is 35.7 Å². The summed E-state index contributed by atoms with van der Waals surface area (Å²) in [4.78, 5) is 17.3. The van der Waals surface area contributed by atoms with Crippen LogP contribution in [0.2, 0.25) is 0 Å². The van der Waals surface area contributed by atoms with E-state index in [0.29, 0.717) is 12.5 Å². The van der Waals surface area contributed by atoms with E-state index >= 15 is 0 Å². The lowest BCUT2D eigenvalue weighted by atomic mass is 9.68. The highest BCUT2D eigenvalue weighted by Gasteiger charge is 2.55. The summed E-state index contributed by atoms with van der Waals surface area (Å²) in [5.74, 6) is 2.20. The van der Waals surface area contributed by atoms with Crippen LogP contribution in [0.4, 0.5) is 0 Å². The zero-order chi connectivity index (χ0) is 24.3. The van der Waals surface area contributed by atoms with Crippen LogP contribution in [-0.2, 0) is 23.8 Å². The number of aryl methyl sites for hydroxylation is 1. The second-order valence-corrected chi connectivity index (χ2v) is 10.4. The molecule has 6 rings (SSSR count). The lowest BCUT2D eigenvalue weighted by Gasteiger charge is -2.56. The number of aliphatic hydroxyl groups excluding tert-OH is 1. The van der Waals surface area contributed by atoms with Gasteiger partial charge in [-0.3, -0.25) is 9.69 Å². The number of amides is 1. The second-order valence-electron chi connectivity index (χ2n) is 10.4. The van der Waals surface area contributed by atoms with Crippen LogP contribution in [0.5, 0.6) is 11.5 Å². The van der Waals surface area contributed by atoms with Crippen molar-refractivity contribution in [3.63, 3.8) is 0 Å². The van der Waals surface area contributed by atoms with Gasteiger partial charge in [-0.05, 0) is 36.6 Å². The van der Waals surface area contributed by atoms with Gasteiger partial charge in [-0.25, -0.2) is 0 Å². The molecule has 1 aromatic heterocycles. The zero-order valence-electron chi connectivity index (χ0n) is 20.7. The van der Waals surface area contributed by atoms with Crippen molar-refractivity contribution < 1.29 is 19.4 Å². The van der Waals surface area contributed by atoms with Crippen molar-refractivity contribution in [3.05, 3.63) is 59.3 Å². The molecular formula is C28H33N3O4. The van der Waals surface area contributed by atoms with Gasteiger partial charge < -0.3 is 24.0 Å². The van der Waals surface area contributed by atoms with Crippen molar-refractivity contribution in [2.75, 3.05) is 40.5 Å². The molecule has 3 aliphatic rings. The highest BCUT2D eigenvalue weighted by Crippen LogP contribution is 2.51. The van der Waals surface area contributed by atoms with Crippen LogP contribution in [-0.4, -0.2) is 65.8 Å². The number of methoxy groups -OCH3 is 2. The van der Waals surface area contributed by atoms with Crippen LogP contribution in [0.25, 0.3) is 10.9 Å². The zero-order valence-corrected chi connectivity index (χ0v) is 20.7. The number of rotatable bonds is 6. The van der Waals surface area contributed by atoms with E-state index in [-0.39, 0.29) is 24.0 Å². The molecule has 0 radical (unpaired) electrons. The summed E-state index contributed by atoms with van der Waals surface area (Å²) in [7, 11) is 5.46. The topological polar surface area (TPSA) is 67.2 Å². The van der Waals surface area contributed by atoms with Gasteiger partial charge in [0.25, 0.3) is 0 Å². The largest absolute Gasteiger partial charge is 0.497 e. The standard InChI is InChI=1S/C28H33N3O4/c1-29-22-12-20(34-2)10-11-21(22)25-26(29)23(14-32)30(13-19-6-4-5-7-24(19)35-3)15-28(25)16-31(17-28)27(33)18-8-9-18/h4-7,10-12,18,23,32H,8-9,13-17H2,1-3H3/t23-/m1/s1. The van der Waals surface area contributed by atoms with Crippen molar-refractivity contribution >= 4 is 16.8 Å². The molecule has 3 aromatic rings. The first-order valence-electron chi connectivity index (χ1n) is 12.4. The van der Waals surface area contributed by atoms with E-state index in [0.717, 1.165) is 60.7 Å². The number of benzene rings is 2. The molecular weight excluding hydrogens is 442 g/mol. The Kier molecular flexibility index (Phi) is 5.31. The summed E-state index contributed by atoms with van der Waals surface area (Å²) >= 11 is 0. The van der Waals surface area contributed by atoms with E-state index in [1.54, 1.807) is 14.2 Å². The van der Waals surface area contributed by atoms with Gasteiger partial charge in [0, 0.05) is 67.3 Å². The number of likely N-dealkylation sites (tertiary alicyclic amines) is 1. The molecule has 1 saturated carbocycles. The fourth-order valence-electron chi connectivity index (χ4n) is 6.37. The summed E-state index contributed by atoms with van der Waals surface area (Å²) in [6.07, 6.45) is 2.04. The highest BCUT2D eigenvalue weighted by atomic mass is 16.5. The van der Waals surface area contributed by atoms with E-state index in [9.17, 15) is 9.90 Å². The molecule has 1 saturated heterocycles. The second kappa shape index (κ2) is 8.28. The Morgan fingerprint density at radius 1 is 1.09 bits per heavy atom. The first kappa shape index (κ1) is 22.4. The van der Waals surface area contributed by atoms with Crippen LogP contribution < -0.4 is 9.47 Å². The molecule has 0 bridgehead atoms. The van der Waals surface area contributed by atoms with E-state index in [1.165, 1.54) is 10.9 Å². The number of aliphatic hydroxyl groups is 1. The number of nitrogens with zero attached hydrogens (tertiary/aromatic N) is 3. The van der Waals surface area contributed by atoms with E-state index < -0.39 is 0 Å². The molecule has 1 atom stereocenters. The summed E-state index contributed by atoms with van der Waals surface area (Å²) in [6, 6.07) is 14.2. The molecule has 3 heterocycles. The van der Waals surface area contributed by atoms with Gasteiger partial charge in [-0.2, -0.15) is 0 Å². The minimum absolute atomic E-state index is 0.0181. The quantitative estimate of drug-likeness (QED) is 0.593. The first-order valence-corrected chi connectivity index (χ1v) is 12.4. The Balaban J connectivity index is 1.46. The number of hydrogen-bond donors (Lipinski definition) is 1. The third-order valence-electron chi connectivity index (χ3n) is 8.21. The normalized spacial score (nSPS) is 21.1. The number of fused-ring (bicyclic) bond motifs is 4. The number of ether oxygens (including phenoxy) is 2. The maximum Gasteiger partial charge on any atom is 0.225 e. The van der Waals surface area contributed by atoms with Gasteiger partial charge >= 0.3 is 0 Å². The van der Waals surface area contributed by atoms with Crippen molar-refractivity contribution in [1.29, 1.82) is 0 Å². The lowest BCUT2D eigenvalue weighted by molar-refractivity contribution is -0.142. The molecule has 35 heavy (non-hydrogen) atoms. The highest BCUT2D eigenvalue weighted by molar-refractivity contribution is 5.90. The minimum atomic E-state index is -0.165. The maximum absolute atomic E-state index is 12.9. The minimum Gasteiger partial charge on any atom is -0.497 e. The number of para-hydroxylation sites is 1. The average Bonchev–Trinajstić information content (AvgIpc) is 3.67. The molecule has 2 fully saturated rings. The van der Waals surface area contributed by atoms with Crippen LogP contribution in [0, 0.1) is 5.92 Å². The molecule has 0 unspecified atom stereocenters. The molecule has 1 spiro atoms. The lowest BCUT2D eigenvalue weighted by Crippen LogP contribution is -2.67. The number of aromatic nitrogens is 1. The monoisotopic (exact) mass is 475 g/mol. The maximum atomic E-state index is 12.9. The third kappa shape index (κ3) is 3.44. The van der Waals surface area contributed by atoms with Crippen LogP contribution in [0.15, 0.2) is 42.5 Å². The van der Waals surface area contributed by atoms with Crippen molar-refractivity contribution in [2.45, 2.75) is 30.8 Å². The van der Waals surface area contributed by atoms with Crippen molar-refractivity contribution in [2.24, 2.45) is 13.0 Å². The van der Waals surface area contributed by atoms with Gasteiger partial charge in [0.1, 0.15) is 11.5 Å². The van der Waals surface area contributed by atoms with Crippen molar-refractivity contribution in [1.82, 2.24) is 14.4 Å². The van der Waals surface area contributed by atoms with Crippen LogP contribution >= 0.6 is 0 Å². The van der Waals surface area contributed by atoms with Gasteiger partial charge in [0.2, 0.25) is 5.91 Å². The van der Waals surface area contributed by atoms with Gasteiger partial charge in [-0.15, -0.1) is 0 Å². The van der Waals surface area contributed by atoms with Crippen molar-refractivity contribution in [3.8, 4) is 11.5 Å². The molecule has 7 heteroatoms. The Morgan fingerprint density at radius 2 is 1.86 bits per heavy atom. The summed E-state index contributed by atoms with van der Waals surface area (Å²) in [5, 5.41) is 11.9. The smallest absolute Gasteiger partial charge is 0.225 e. The van der Waals surface area contributed by atoms with Gasteiger partial charge in [-0.1, -0.05) is 18.2 Å². The van der Waals surface area contributed by atoms with E-state index in [1.807, 2.05) is 29.2 Å². The molecule has 1 amide bonds. The Labute approximate surface area is 205 Å². The van der Waals surface area contributed by atoms with E-state index in [2.05, 4.69) is 34.7 Å². The predicted molar refractivity (Wildman–Crippen MR) is 134 cm³/mol. The Morgan fingerprint density at radius 3 is 2.54 bits per heavy atom. The van der Waals surface area contributed by atoms with Gasteiger partial charge in [0.05, 0.1) is 32.4 Å². The third-order valence-corrected chi connectivity index (χ3v) is 8.21. The Bertz CT molecular complexity index is 1290. The molecule has 7 nitrogen and oxygen atoms in total. The molecule has 1 N–H and O–H groups in total. The number of hydrogen-bond acceptors (Lipinski definition) is 5. The first-order chi connectivity index (χ1) is 17.0. The molecule has 1 aliphatic carbocycles. The summed E-state index contributed by atoms with van der Waals surface area (Å²) in [5.41, 5.74) is 4.45. The fraction of sp³-hybridized carbons (Fsp3) is 0.464. The van der Waals surface area contributed by atoms with E-state index in [4.69, 9.17) is 9.47 Å². The van der Waals surface area contributed by atoms with Gasteiger partial charge in [0.15, 0.2) is 0 Å². The number of carbonyl (C=O) groups excluding carboxylic acids is 1. The van der Waals surface area contributed by atoms with Crippen LogP contribution in [0.3, 0.4) is 0 Å². The predicted octanol–water partition coefficient (Wildman–Crippen LogP) is 3.23. The average molecular weight is 476 g/mol. The Hall–Kier alpha value is -3.03.